The molecule has 32 heavy (non-hydrogen) atoms. The van der Waals surface area contributed by atoms with Gasteiger partial charge in [0.2, 0.25) is 0 Å². The quantitative estimate of drug-likeness (QED) is 0.517. The van der Waals surface area contributed by atoms with Gasteiger partial charge in [-0.05, 0) is 62.9 Å². The lowest BCUT2D eigenvalue weighted by molar-refractivity contribution is 0.0784. The Kier molecular flexibility index (Phi) is 6.78. The Morgan fingerprint density at radius 1 is 1.09 bits per heavy atom. The largest absolute Gasteiger partial charge is 0.489 e. The van der Waals surface area contributed by atoms with Gasteiger partial charge in [-0.15, -0.1) is 0 Å². The van der Waals surface area contributed by atoms with Gasteiger partial charge >= 0.3 is 0 Å². The summed E-state index contributed by atoms with van der Waals surface area (Å²) in [6.07, 6.45) is 3.75. The number of amides is 1. The van der Waals surface area contributed by atoms with E-state index in [2.05, 4.69) is 28.3 Å². The number of benzene rings is 2. The summed E-state index contributed by atoms with van der Waals surface area (Å²) in [5.41, 5.74) is 4.79. The number of carbonyl (C=O) groups excluding carboxylic acids is 1. The van der Waals surface area contributed by atoms with Crippen LogP contribution in [0, 0.1) is 13.8 Å². The maximum atomic E-state index is 13.2. The van der Waals surface area contributed by atoms with Gasteiger partial charge in [-0.1, -0.05) is 29.4 Å². The minimum absolute atomic E-state index is 0.0266. The topological polar surface area (TPSA) is 58.8 Å². The second kappa shape index (κ2) is 9.90. The Hall–Kier alpha value is -3.28. The molecule has 2 aromatic carbocycles. The van der Waals surface area contributed by atoms with E-state index in [1.807, 2.05) is 45.2 Å². The average Bonchev–Trinajstić information content (AvgIpc) is 3.15. The summed E-state index contributed by atoms with van der Waals surface area (Å²) in [5.74, 6) is 1.38. The van der Waals surface area contributed by atoms with Crippen LogP contribution in [0.4, 0.5) is 5.69 Å². The van der Waals surface area contributed by atoms with E-state index in [0.717, 1.165) is 30.1 Å². The standard InChI is InChI=1S/C26H31N3O3/c1-19-24(20(2)32-27-19)18-31-23-12-9-11-21(16-23)26(30)28(3)17-22-10-5-6-13-25(22)29-14-7-4-8-15-29/h5-6,9-13,16H,4,7-8,14-15,17-18H2,1-3H3. The van der Waals surface area contributed by atoms with Crippen LogP contribution in [-0.2, 0) is 13.2 Å². The Morgan fingerprint density at radius 2 is 1.88 bits per heavy atom. The number of ether oxygens (including phenoxy) is 1. The Bertz CT molecular complexity index is 1050. The zero-order valence-corrected chi connectivity index (χ0v) is 19.1. The van der Waals surface area contributed by atoms with Gasteiger partial charge in [0.25, 0.3) is 5.91 Å². The predicted molar refractivity (Wildman–Crippen MR) is 125 cm³/mol. The molecule has 0 radical (unpaired) electrons. The number of carbonyl (C=O) groups is 1. The van der Waals surface area contributed by atoms with Crippen LogP contribution in [-0.4, -0.2) is 36.1 Å². The van der Waals surface area contributed by atoms with Gasteiger partial charge in [0.15, 0.2) is 0 Å². The summed E-state index contributed by atoms with van der Waals surface area (Å²) in [4.78, 5) is 17.4. The molecule has 2 heterocycles. The van der Waals surface area contributed by atoms with Crippen LogP contribution in [0.25, 0.3) is 0 Å². The van der Waals surface area contributed by atoms with Gasteiger partial charge in [0.05, 0.1) is 11.3 Å². The van der Waals surface area contributed by atoms with E-state index in [-0.39, 0.29) is 5.91 Å². The summed E-state index contributed by atoms with van der Waals surface area (Å²) in [5, 5.41) is 3.96. The van der Waals surface area contributed by atoms with Crippen molar-refractivity contribution in [1.82, 2.24) is 10.1 Å². The third kappa shape index (κ3) is 4.96. The molecule has 6 nitrogen and oxygen atoms in total. The molecular weight excluding hydrogens is 402 g/mol. The maximum Gasteiger partial charge on any atom is 0.254 e. The molecule has 3 aromatic rings. The van der Waals surface area contributed by atoms with E-state index in [1.54, 1.807) is 11.0 Å². The van der Waals surface area contributed by atoms with Gasteiger partial charge in [-0.25, -0.2) is 0 Å². The second-order valence-electron chi connectivity index (χ2n) is 8.46. The monoisotopic (exact) mass is 433 g/mol. The molecular formula is C26H31N3O3. The number of aromatic nitrogens is 1. The Balaban J connectivity index is 1.44. The first-order valence-electron chi connectivity index (χ1n) is 11.3. The van der Waals surface area contributed by atoms with Crippen molar-refractivity contribution in [2.24, 2.45) is 0 Å². The molecule has 0 aliphatic carbocycles. The highest BCUT2D eigenvalue weighted by Crippen LogP contribution is 2.26. The van der Waals surface area contributed by atoms with Crippen LogP contribution < -0.4 is 9.64 Å². The summed E-state index contributed by atoms with van der Waals surface area (Å²) in [6.45, 7) is 6.85. The van der Waals surface area contributed by atoms with E-state index >= 15 is 0 Å². The molecule has 0 spiro atoms. The molecule has 0 saturated carbocycles. The third-order valence-corrected chi connectivity index (χ3v) is 6.09. The van der Waals surface area contributed by atoms with Crippen LogP contribution in [0.3, 0.4) is 0 Å². The molecule has 0 bridgehead atoms. The van der Waals surface area contributed by atoms with Gasteiger partial charge in [0, 0.05) is 37.9 Å². The highest BCUT2D eigenvalue weighted by atomic mass is 16.5. The molecule has 4 rings (SSSR count). The molecule has 1 amide bonds. The van der Waals surface area contributed by atoms with E-state index in [1.165, 1.54) is 30.5 Å². The minimum atomic E-state index is -0.0266. The molecule has 0 atom stereocenters. The third-order valence-electron chi connectivity index (χ3n) is 6.09. The van der Waals surface area contributed by atoms with Crippen molar-refractivity contribution in [3.8, 4) is 5.75 Å². The number of aryl methyl sites for hydroxylation is 2. The molecule has 1 aromatic heterocycles. The Morgan fingerprint density at radius 3 is 2.62 bits per heavy atom. The summed E-state index contributed by atoms with van der Waals surface area (Å²) in [6, 6.07) is 15.8. The van der Waals surface area contributed by atoms with Crippen molar-refractivity contribution in [2.75, 3.05) is 25.0 Å². The number of nitrogens with zero attached hydrogens (tertiary/aromatic N) is 3. The van der Waals surface area contributed by atoms with Gasteiger partial charge < -0.3 is 19.1 Å². The fourth-order valence-corrected chi connectivity index (χ4v) is 4.22. The normalized spacial score (nSPS) is 13.8. The lowest BCUT2D eigenvalue weighted by atomic mass is 10.1. The minimum Gasteiger partial charge on any atom is -0.489 e. The van der Waals surface area contributed by atoms with Crippen LogP contribution >= 0.6 is 0 Å². The van der Waals surface area contributed by atoms with Gasteiger partial charge in [0.1, 0.15) is 18.1 Å². The highest BCUT2D eigenvalue weighted by Gasteiger charge is 2.18. The molecule has 168 valence electrons. The first kappa shape index (κ1) is 21.9. The van der Waals surface area contributed by atoms with Crippen LogP contribution in [0.1, 0.15) is 52.2 Å². The van der Waals surface area contributed by atoms with Gasteiger partial charge in [-0.2, -0.15) is 0 Å². The molecule has 1 aliphatic rings. The smallest absolute Gasteiger partial charge is 0.254 e. The van der Waals surface area contributed by atoms with Crippen LogP contribution in [0.5, 0.6) is 5.75 Å². The molecule has 0 N–H and O–H groups in total. The number of para-hydroxylation sites is 1. The molecule has 1 fully saturated rings. The van der Waals surface area contributed by atoms with Crippen LogP contribution in [0.15, 0.2) is 53.1 Å². The van der Waals surface area contributed by atoms with E-state index in [0.29, 0.717) is 24.5 Å². The lowest BCUT2D eigenvalue weighted by Crippen LogP contribution is -2.32. The maximum absolute atomic E-state index is 13.2. The molecule has 1 saturated heterocycles. The average molecular weight is 434 g/mol. The number of hydrogen-bond donors (Lipinski definition) is 0. The zero-order valence-electron chi connectivity index (χ0n) is 19.1. The number of anilines is 1. The van der Waals surface area contributed by atoms with E-state index in [9.17, 15) is 4.79 Å². The molecule has 0 unspecified atom stereocenters. The van der Waals surface area contributed by atoms with Crippen molar-refractivity contribution >= 4 is 11.6 Å². The lowest BCUT2D eigenvalue weighted by Gasteiger charge is -2.31. The van der Waals surface area contributed by atoms with Crippen molar-refractivity contribution < 1.29 is 14.1 Å². The first-order valence-corrected chi connectivity index (χ1v) is 11.3. The van der Waals surface area contributed by atoms with Crippen molar-refractivity contribution in [3.05, 3.63) is 76.7 Å². The van der Waals surface area contributed by atoms with Crippen LogP contribution in [0.2, 0.25) is 0 Å². The summed E-state index contributed by atoms with van der Waals surface area (Å²) < 4.78 is 11.1. The predicted octanol–water partition coefficient (Wildman–Crippen LogP) is 5.13. The Labute approximate surface area is 189 Å². The van der Waals surface area contributed by atoms with Crippen molar-refractivity contribution in [3.63, 3.8) is 0 Å². The summed E-state index contributed by atoms with van der Waals surface area (Å²) >= 11 is 0. The highest BCUT2D eigenvalue weighted by molar-refractivity contribution is 5.94. The molecule has 1 aliphatic heterocycles. The molecule has 6 heteroatoms. The number of piperidine rings is 1. The van der Waals surface area contributed by atoms with Crippen molar-refractivity contribution in [2.45, 2.75) is 46.3 Å². The zero-order chi connectivity index (χ0) is 22.5. The van der Waals surface area contributed by atoms with Gasteiger partial charge in [-0.3, -0.25) is 4.79 Å². The fraction of sp³-hybridized carbons (Fsp3) is 0.385. The SMILES string of the molecule is Cc1noc(C)c1COc1cccc(C(=O)N(C)Cc2ccccc2N2CCCCC2)c1. The first-order chi connectivity index (χ1) is 15.5. The fourth-order valence-electron chi connectivity index (χ4n) is 4.22. The second-order valence-corrected chi connectivity index (χ2v) is 8.46. The number of hydrogen-bond acceptors (Lipinski definition) is 5. The number of rotatable bonds is 7. The van der Waals surface area contributed by atoms with Crippen molar-refractivity contribution in [1.29, 1.82) is 0 Å². The summed E-state index contributed by atoms with van der Waals surface area (Å²) in [7, 11) is 1.85. The van der Waals surface area contributed by atoms with E-state index < -0.39 is 0 Å². The van der Waals surface area contributed by atoms with E-state index in [4.69, 9.17) is 9.26 Å².